The molecule has 0 bridgehead atoms. The minimum atomic E-state index is -1.48. The molecule has 4 aliphatic rings. The van der Waals surface area contributed by atoms with E-state index in [-0.39, 0.29) is 59.8 Å². The number of hydrogen-bond acceptors (Lipinski definition) is 9. The molecule has 10 nitrogen and oxygen atoms in total. The number of rotatable bonds is 12. The van der Waals surface area contributed by atoms with E-state index in [1.807, 2.05) is 47.6 Å². The number of ketones is 1. The van der Waals surface area contributed by atoms with Gasteiger partial charge in [-0.25, -0.2) is 4.89 Å². The summed E-state index contributed by atoms with van der Waals surface area (Å²) >= 11 is 0. The maximum atomic E-state index is 14.4. The second kappa shape index (κ2) is 17.4. The van der Waals surface area contributed by atoms with Crippen molar-refractivity contribution < 1.29 is 48.9 Å². The van der Waals surface area contributed by atoms with Crippen LogP contribution < -0.4 is 0 Å². The molecule has 4 rings (SSSR count). The summed E-state index contributed by atoms with van der Waals surface area (Å²) in [5.41, 5.74) is -1.65. The quantitative estimate of drug-likeness (QED) is 0.138. The lowest BCUT2D eigenvalue weighted by Crippen LogP contribution is -2.56. The Kier molecular flexibility index (Phi) is 14.4. The van der Waals surface area contributed by atoms with Gasteiger partial charge in [0.15, 0.2) is 0 Å². The first-order valence-corrected chi connectivity index (χ1v) is 20.1. The average Bonchev–Trinajstić information content (AvgIpc) is 3.45. The minimum Gasteiger partial charge on any atom is -0.481 e. The van der Waals surface area contributed by atoms with Crippen molar-refractivity contribution in [2.75, 3.05) is 0 Å². The van der Waals surface area contributed by atoms with Gasteiger partial charge in [-0.15, -0.1) is 0 Å². The Morgan fingerprint density at radius 1 is 0.882 bits per heavy atom. The SMILES string of the molecule is CC[C@@H](C(=O)[C@@H](C)C[C@H](C)[C@@H]1O[C@@H]([C@@H](CC)C(=O)O)CC[C@@H]1C)[C@H]1OO[C@@]2(CC[C@@](C)(C3CC[C@](O)(CC)[C@H](C)O3)O2)[C@H](O)/C=C\[C@H](C)C[C@@H]1C. The zero-order chi connectivity index (χ0) is 37.9. The molecular weight excluding hydrogens is 652 g/mol. The number of aliphatic hydroxyl groups is 2. The topological polar surface area (TPSA) is 141 Å². The Balaban J connectivity index is 1.50. The number of allylic oxidation sites excluding steroid dienone is 1. The van der Waals surface area contributed by atoms with Gasteiger partial charge in [0.25, 0.3) is 0 Å². The van der Waals surface area contributed by atoms with Gasteiger partial charge in [-0.2, -0.15) is 4.89 Å². The van der Waals surface area contributed by atoms with Gasteiger partial charge in [-0.3, -0.25) is 9.59 Å². The van der Waals surface area contributed by atoms with E-state index < -0.39 is 47.0 Å². The molecule has 0 aromatic heterocycles. The van der Waals surface area contributed by atoms with Crippen molar-refractivity contribution in [1.82, 2.24) is 0 Å². The summed E-state index contributed by atoms with van der Waals surface area (Å²) in [6.45, 7) is 20.2. The highest BCUT2D eigenvalue weighted by molar-refractivity contribution is 5.83. The highest BCUT2D eigenvalue weighted by Gasteiger charge is 2.58. The van der Waals surface area contributed by atoms with Crippen LogP contribution in [-0.4, -0.2) is 80.7 Å². The summed E-state index contributed by atoms with van der Waals surface area (Å²) in [6.07, 6.45) is 7.89. The summed E-state index contributed by atoms with van der Waals surface area (Å²) in [4.78, 5) is 38.9. The van der Waals surface area contributed by atoms with E-state index >= 15 is 0 Å². The fourth-order valence-corrected chi connectivity index (χ4v) is 9.69. The van der Waals surface area contributed by atoms with E-state index in [9.17, 15) is 24.9 Å². The molecule has 0 amide bonds. The molecule has 0 aliphatic carbocycles. The van der Waals surface area contributed by atoms with Crippen LogP contribution in [-0.2, 0) is 33.6 Å². The summed E-state index contributed by atoms with van der Waals surface area (Å²) in [5.74, 6) is -2.99. The summed E-state index contributed by atoms with van der Waals surface area (Å²) < 4.78 is 19.6. The van der Waals surface area contributed by atoms with Gasteiger partial charge in [0.05, 0.1) is 41.5 Å². The van der Waals surface area contributed by atoms with Crippen molar-refractivity contribution in [3.05, 3.63) is 12.2 Å². The van der Waals surface area contributed by atoms with Gasteiger partial charge >= 0.3 is 5.97 Å². The Morgan fingerprint density at radius 2 is 1.57 bits per heavy atom. The Morgan fingerprint density at radius 3 is 2.18 bits per heavy atom. The number of Topliss-reactive ketones (excluding diaryl/α,β-unsaturated/α-hetero) is 1. The van der Waals surface area contributed by atoms with Crippen LogP contribution in [0.2, 0.25) is 0 Å². The van der Waals surface area contributed by atoms with Gasteiger partial charge in [0, 0.05) is 18.3 Å². The number of carbonyl (C=O) groups excluding carboxylic acids is 1. The van der Waals surface area contributed by atoms with E-state index in [4.69, 9.17) is 24.0 Å². The second-order valence-corrected chi connectivity index (χ2v) is 17.2. The molecule has 10 heteroatoms. The molecule has 16 atom stereocenters. The van der Waals surface area contributed by atoms with Crippen LogP contribution in [0.1, 0.15) is 140 Å². The van der Waals surface area contributed by atoms with Gasteiger partial charge in [0.2, 0.25) is 5.79 Å². The molecule has 294 valence electrons. The zero-order valence-corrected chi connectivity index (χ0v) is 33.1. The largest absolute Gasteiger partial charge is 0.481 e. The first-order chi connectivity index (χ1) is 23.9. The van der Waals surface area contributed by atoms with E-state index in [1.165, 1.54) is 0 Å². The molecule has 3 fully saturated rings. The third-order valence-electron chi connectivity index (χ3n) is 13.3. The number of ether oxygens (including phenoxy) is 3. The second-order valence-electron chi connectivity index (χ2n) is 17.2. The molecule has 4 aliphatic heterocycles. The Bertz CT molecular complexity index is 1190. The fourth-order valence-electron chi connectivity index (χ4n) is 9.69. The van der Waals surface area contributed by atoms with Crippen LogP contribution in [0.3, 0.4) is 0 Å². The van der Waals surface area contributed by atoms with Crippen molar-refractivity contribution in [2.24, 2.45) is 41.4 Å². The molecule has 0 aromatic rings. The van der Waals surface area contributed by atoms with E-state index in [1.54, 1.807) is 6.08 Å². The maximum Gasteiger partial charge on any atom is 0.309 e. The van der Waals surface area contributed by atoms with Crippen molar-refractivity contribution in [3.8, 4) is 0 Å². The van der Waals surface area contributed by atoms with Gasteiger partial charge in [0.1, 0.15) is 18.0 Å². The standard InChI is InChI=1S/C41H70O10/c1-11-30(38(44)45)32-16-15-25(5)36(48-32)28(8)23-26(6)35(43)31(12-2)37-27(7)22-24(4)14-17-33(42)41(51-49-37)21-20-39(10,50-41)34-18-19-40(46,13-3)29(9)47-34/h14,17,24-34,36-37,42,46H,11-13,15-16,18-23H2,1-10H3,(H,44,45)/b17-14-/t24-,25-,26-,27-,28-,29-,30+,31-,32+,33+,34?,36+,37-,39-,40+,41-/m0/s1. The predicted molar refractivity (Wildman–Crippen MR) is 195 cm³/mol. The number of carboxylic acid groups (broad SMARTS) is 1. The smallest absolute Gasteiger partial charge is 0.309 e. The monoisotopic (exact) mass is 722 g/mol. The van der Waals surface area contributed by atoms with Crippen molar-refractivity contribution >= 4 is 11.8 Å². The summed E-state index contributed by atoms with van der Waals surface area (Å²) in [7, 11) is 0. The minimum absolute atomic E-state index is 0.0260. The summed E-state index contributed by atoms with van der Waals surface area (Å²) in [6, 6.07) is 0. The fraction of sp³-hybridized carbons (Fsp3) is 0.902. The van der Waals surface area contributed by atoms with Crippen molar-refractivity contribution in [2.45, 2.75) is 193 Å². The molecule has 4 heterocycles. The van der Waals surface area contributed by atoms with Crippen molar-refractivity contribution in [1.29, 1.82) is 0 Å². The first kappa shape index (κ1) is 42.3. The molecule has 1 spiro atoms. The third kappa shape index (κ3) is 9.29. The lowest BCUT2D eigenvalue weighted by atomic mass is 9.76. The highest BCUT2D eigenvalue weighted by atomic mass is 17.2. The number of hydrogen-bond donors (Lipinski definition) is 3. The van der Waals surface area contributed by atoms with E-state index in [0.29, 0.717) is 51.4 Å². The molecule has 3 N–H and O–H groups in total. The average molecular weight is 723 g/mol. The van der Waals surface area contributed by atoms with Gasteiger partial charge < -0.3 is 29.5 Å². The van der Waals surface area contributed by atoms with Crippen LogP contribution in [0.25, 0.3) is 0 Å². The highest BCUT2D eigenvalue weighted by Crippen LogP contribution is 2.48. The number of aliphatic hydroxyl groups excluding tert-OH is 1. The van der Waals surface area contributed by atoms with E-state index in [2.05, 4.69) is 27.7 Å². The van der Waals surface area contributed by atoms with E-state index in [0.717, 1.165) is 19.3 Å². The summed E-state index contributed by atoms with van der Waals surface area (Å²) in [5, 5.41) is 32.4. The number of aliphatic carboxylic acids is 1. The van der Waals surface area contributed by atoms with Gasteiger partial charge in [-0.05, 0) is 102 Å². The Labute approximate surface area is 307 Å². The number of carbonyl (C=O) groups is 2. The molecule has 1 unspecified atom stereocenters. The molecule has 51 heavy (non-hydrogen) atoms. The number of carboxylic acids is 1. The van der Waals surface area contributed by atoms with Crippen LogP contribution in [0.15, 0.2) is 12.2 Å². The molecule has 3 saturated heterocycles. The molecule has 0 aromatic carbocycles. The van der Waals surface area contributed by atoms with Crippen LogP contribution in [0, 0.1) is 41.4 Å². The third-order valence-corrected chi connectivity index (χ3v) is 13.3. The van der Waals surface area contributed by atoms with Crippen molar-refractivity contribution in [3.63, 3.8) is 0 Å². The molecule has 0 saturated carbocycles. The van der Waals surface area contributed by atoms with Crippen LogP contribution in [0.4, 0.5) is 0 Å². The predicted octanol–water partition coefficient (Wildman–Crippen LogP) is 7.42. The normalized spacial score (nSPS) is 44.0. The molecular formula is C41H70O10. The maximum absolute atomic E-state index is 14.4. The first-order valence-electron chi connectivity index (χ1n) is 20.1. The lowest BCUT2D eigenvalue weighted by Gasteiger charge is -2.46. The molecule has 0 radical (unpaired) electrons. The Hall–Kier alpha value is -1.40. The zero-order valence-electron chi connectivity index (χ0n) is 33.1. The lowest BCUT2D eigenvalue weighted by molar-refractivity contribution is -0.469. The van der Waals surface area contributed by atoms with Crippen LogP contribution in [0.5, 0.6) is 0 Å². The van der Waals surface area contributed by atoms with Crippen LogP contribution >= 0.6 is 0 Å². The van der Waals surface area contributed by atoms with Gasteiger partial charge in [-0.1, -0.05) is 67.5 Å².